The van der Waals surface area contributed by atoms with Gasteiger partial charge in [-0.25, -0.2) is 0 Å². The van der Waals surface area contributed by atoms with Crippen LogP contribution in [0.3, 0.4) is 0 Å². The van der Waals surface area contributed by atoms with E-state index in [4.69, 9.17) is 0 Å². The summed E-state index contributed by atoms with van der Waals surface area (Å²) in [5.74, 6) is 0.693. The molecule has 4 heteroatoms. The van der Waals surface area contributed by atoms with Crippen molar-refractivity contribution in [3.8, 4) is 0 Å². The minimum absolute atomic E-state index is 0.00921. The largest absolute Gasteiger partial charge is 0.348 e. The maximum atomic E-state index is 12.4. The first-order valence-electron chi connectivity index (χ1n) is 15.7. The number of benzene rings is 1. The predicted molar refractivity (Wildman–Crippen MR) is 194 cm³/mol. The Hall–Kier alpha value is -2.85. The molecule has 0 radical (unpaired) electrons. The average Bonchev–Trinajstić information content (AvgIpc) is 2.96. The Labute approximate surface area is 269 Å². The zero-order valence-electron chi connectivity index (χ0n) is 29.8. The van der Waals surface area contributed by atoms with Crippen LogP contribution < -0.4 is 5.32 Å². The van der Waals surface area contributed by atoms with Gasteiger partial charge in [0.15, 0.2) is 5.78 Å². The lowest BCUT2D eigenvalue weighted by Crippen LogP contribution is -2.26. The number of rotatable bonds is 13. The van der Waals surface area contributed by atoms with Crippen molar-refractivity contribution >= 4 is 23.5 Å². The van der Waals surface area contributed by atoms with Gasteiger partial charge in [0.1, 0.15) is 0 Å². The second kappa shape index (κ2) is 24.6. The molecule has 0 bridgehead atoms. The van der Waals surface area contributed by atoms with Crippen LogP contribution in [0, 0.1) is 5.92 Å². The van der Waals surface area contributed by atoms with Crippen molar-refractivity contribution in [1.82, 2.24) is 5.32 Å². The molecule has 1 atom stereocenters. The quantitative estimate of drug-likeness (QED) is 0.179. The number of hydrogen-bond acceptors (Lipinski definition) is 3. The molecule has 0 spiro atoms. The molecule has 43 heavy (non-hydrogen) atoms. The summed E-state index contributed by atoms with van der Waals surface area (Å²) in [5, 5.41) is 3.03. The van der Waals surface area contributed by atoms with Crippen LogP contribution in [-0.4, -0.2) is 18.2 Å². The van der Waals surface area contributed by atoms with E-state index in [1.807, 2.05) is 33.8 Å². The van der Waals surface area contributed by atoms with Gasteiger partial charge in [0.2, 0.25) is 0 Å². The molecule has 1 rings (SSSR count). The van der Waals surface area contributed by atoms with Gasteiger partial charge in [-0.1, -0.05) is 122 Å². The molecular formula is C39H61NO2S. The molecule has 1 amide bonds. The van der Waals surface area contributed by atoms with Crippen molar-refractivity contribution in [1.29, 1.82) is 0 Å². The van der Waals surface area contributed by atoms with Crippen molar-refractivity contribution in [2.75, 3.05) is 6.54 Å². The van der Waals surface area contributed by atoms with Gasteiger partial charge in [-0.15, -0.1) is 0 Å². The summed E-state index contributed by atoms with van der Waals surface area (Å²) in [6.07, 6.45) is 11.2. The van der Waals surface area contributed by atoms with Gasteiger partial charge in [0.05, 0.1) is 4.91 Å². The van der Waals surface area contributed by atoms with Gasteiger partial charge >= 0.3 is 0 Å². The standard InChI is InChI=1S/C19H31NOS.C18H24O.C2H6/c1-12(2)10-15(7)16(8)11-20-19(21)18(14(5)6)22-17(9)13(3)4;1-4-15(2)10-11-18(14-16(3)19)13-12-17-8-6-5-7-9-17;1-2/h10H,11H2,1-9H3,(H,20,21);5-11,14-15H,4,12-13H2,1-3H3;1-2H3/b16-15+;11-10-,18-14+;. The highest BCUT2D eigenvalue weighted by Gasteiger charge is 2.13. The Morgan fingerprint density at radius 2 is 1.44 bits per heavy atom. The lowest BCUT2D eigenvalue weighted by molar-refractivity contribution is -0.116. The highest BCUT2D eigenvalue weighted by molar-refractivity contribution is 8.07. The highest BCUT2D eigenvalue weighted by Crippen LogP contribution is 2.29. The summed E-state index contributed by atoms with van der Waals surface area (Å²) in [6, 6.07) is 10.4. The van der Waals surface area contributed by atoms with Crippen LogP contribution in [0.2, 0.25) is 0 Å². The van der Waals surface area contributed by atoms with Gasteiger partial charge < -0.3 is 5.32 Å². The zero-order valence-corrected chi connectivity index (χ0v) is 30.6. The zero-order chi connectivity index (χ0) is 33.5. The fraction of sp³-hybridized carbons (Fsp3) is 0.487. The smallest absolute Gasteiger partial charge is 0.258 e. The third-order valence-corrected chi connectivity index (χ3v) is 8.04. The van der Waals surface area contributed by atoms with E-state index in [-0.39, 0.29) is 11.7 Å². The Morgan fingerprint density at radius 1 is 0.860 bits per heavy atom. The third-order valence-electron chi connectivity index (χ3n) is 6.53. The SMILES string of the molecule is CC.CC(C)=C/C(C)=C(\C)CNC(=O)C(SC(C)=C(C)C)=C(C)C.CCC(C)/C=C\C(=C/C(C)=O)CCc1ccccc1. The molecule has 0 saturated carbocycles. The molecule has 0 saturated heterocycles. The number of carbonyl (C=O) groups excluding carboxylic acids is 2. The first-order valence-corrected chi connectivity index (χ1v) is 16.5. The highest BCUT2D eigenvalue weighted by atomic mass is 32.2. The van der Waals surface area contributed by atoms with Crippen molar-refractivity contribution in [3.05, 3.63) is 103 Å². The summed E-state index contributed by atoms with van der Waals surface area (Å²) >= 11 is 1.56. The molecule has 0 heterocycles. The van der Waals surface area contributed by atoms with Gasteiger partial charge in [0.25, 0.3) is 5.91 Å². The lowest BCUT2D eigenvalue weighted by atomic mass is 10.0. The van der Waals surface area contributed by atoms with Crippen LogP contribution in [-0.2, 0) is 16.0 Å². The first kappa shape index (κ1) is 42.3. The Morgan fingerprint density at radius 3 is 1.91 bits per heavy atom. The van der Waals surface area contributed by atoms with Crippen molar-refractivity contribution in [3.63, 3.8) is 0 Å². The molecule has 1 unspecified atom stereocenters. The number of thioether (sulfide) groups is 1. The van der Waals surface area contributed by atoms with E-state index < -0.39 is 0 Å². The van der Waals surface area contributed by atoms with E-state index in [1.54, 1.807) is 24.8 Å². The number of amides is 1. The molecule has 240 valence electrons. The van der Waals surface area contributed by atoms with E-state index in [9.17, 15) is 9.59 Å². The molecule has 3 nitrogen and oxygen atoms in total. The molecule has 1 aromatic rings. The number of nitrogens with one attached hydrogen (secondary N) is 1. The minimum atomic E-state index is 0.00921. The van der Waals surface area contributed by atoms with Crippen molar-refractivity contribution in [2.45, 2.75) is 116 Å². The second-order valence-electron chi connectivity index (χ2n) is 11.4. The van der Waals surface area contributed by atoms with Gasteiger partial charge in [-0.05, 0) is 110 Å². The summed E-state index contributed by atoms with van der Waals surface area (Å²) in [7, 11) is 0. The molecule has 0 aliphatic heterocycles. The summed E-state index contributed by atoms with van der Waals surface area (Å²) in [6.45, 7) is 29.0. The predicted octanol–water partition coefficient (Wildman–Crippen LogP) is 11.5. The number of ketones is 1. The number of allylic oxidation sites excluding steroid dienone is 10. The summed E-state index contributed by atoms with van der Waals surface area (Å²) < 4.78 is 0. The molecule has 0 fully saturated rings. The Bertz CT molecular complexity index is 1160. The van der Waals surface area contributed by atoms with Crippen molar-refractivity contribution < 1.29 is 9.59 Å². The van der Waals surface area contributed by atoms with Crippen LogP contribution in [0.4, 0.5) is 0 Å². The maximum Gasteiger partial charge on any atom is 0.258 e. The van der Waals surface area contributed by atoms with Gasteiger partial charge in [0, 0.05) is 6.54 Å². The van der Waals surface area contributed by atoms with Gasteiger partial charge in [-0.2, -0.15) is 0 Å². The minimum Gasteiger partial charge on any atom is -0.348 e. The maximum absolute atomic E-state index is 12.4. The molecule has 0 aliphatic carbocycles. The van der Waals surface area contributed by atoms with Crippen LogP contribution in [0.1, 0.15) is 115 Å². The number of aryl methyl sites for hydroxylation is 1. The normalized spacial score (nSPS) is 12.0. The van der Waals surface area contributed by atoms with E-state index in [0.717, 1.165) is 35.3 Å². The van der Waals surface area contributed by atoms with E-state index >= 15 is 0 Å². The Kier molecular flexibility index (Phi) is 24.2. The lowest BCUT2D eigenvalue weighted by Gasteiger charge is -2.13. The van der Waals surface area contributed by atoms with E-state index in [1.165, 1.54) is 32.8 Å². The van der Waals surface area contributed by atoms with E-state index in [0.29, 0.717) is 12.5 Å². The van der Waals surface area contributed by atoms with Gasteiger partial charge in [-0.3, -0.25) is 9.59 Å². The topological polar surface area (TPSA) is 46.2 Å². The molecule has 1 N–H and O–H groups in total. The fourth-order valence-corrected chi connectivity index (χ4v) is 4.32. The van der Waals surface area contributed by atoms with Crippen LogP contribution in [0.5, 0.6) is 0 Å². The summed E-state index contributed by atoms with van der Waals surface area (Å²) in [4.78, 5) is 25.7. The number of hydrogen-bond donors (Lipinski definition) is 1. The second-order valence-corrected chi connectivity index (χ2v) is 12.6. The molecule has 0 aromatic heterocycles. The molecule has 1 aromatic carbocycles. The van der Waals surface area contributed by atoms with Crippen molar-refractivity contribution in [2.24, 2.45) is 5.92 Å². The van der Waals surface area contributed by atoms with Crippen LogP contribution >= 0.6 is 11.8 Å². The van der Waals surface area contributed by atoms with Crippen LogP contribution in [0.15, 0.2) is 97.9 Å². The first-order chi connectivity index (χ1) is 20.2. The Balaban J connectivity index is 0. The molecular weight excluding hydrogens is 547 g/mol. The van der Waals surface area contributed by atoms with Crippen LogP contribution in [0.25, 0.3) is 0 Å². The number of carbonyl (C=O) groups is 2. The summed E-state index contributed by atoms with van der Waals surface area (Å²) in [5.41, 5.74) is 8.39. The monoisotopic (exact) mass is 607 g/mol. The third kappa shape index (κ3) is 21.5. The molecule has 0 aliphatic rings. The average molecular weight is 608 g/mol. The fourth-order valence-electron chi connectivity index (χ4n) is 3.44. The van der Waals surface area contributed by atoms with E-state index in [2.05, 4.69) is 110 Å².